The van der Waals surface area contributed by atoms with Crippen molar-refractivity contribution in [3.8, 4) is 18.4 Å². The number of halogens is 4. The van der Waals surface area contributed by atoms with Crippen molar-refractivity contribution in [3.05, 3.63) is 92.1 Å². The summed E-state index contributed by atoms with van der Waals surface area (Å²) in [6.07, 6.45) is 1.23. The summed E-state index contributed by atoms with van der Waals surface area (Å²) in [6, 6.07) is 9.48. The Bertz CT molecular complexity index is 1530. The molecule has 0 saturated heterocycles. The molecule has 0 aliphatic carbocycles. The molecule has 4 rings (SSSR count). The lowest BCUT2D eigenvalue weighted by Gasteiger charge is -2.29. The zero-order valence-corrected chi connectivity index (χ0v) is 20.1. The third kappa shape index (κ3) is 5.23. The number of amides is 1. The number of fused-ring (bicyclic) bond motifs is 1. The molecule has 38 heavy (non-hydrogen) atoms. The summed E-state index contributed by atoms with van der Waals surface area (Å²) in [5, 5.41) is 12.0. The Morgan fingerprint density at radius 3 is 2.55 bits per heavy atom. The Hall–Kier alpha value is -4.64. The molecule has 11 heteroatoms. The number of carbonyl (C=O) groups is 1. The van der Waals surface area contributed by atoms with E-state index in [2.05, 4.69) is 16.2 Å². The third-order valence-electron chi connectivity index (χ3n) is 6.26. The summed E-state index contributed by atoms with van der Waals surface area (Å²) in [6.45, 7) is 1.63. The van der Waals surface area contributed by atoms with Crippen LogP contribution in [0, 0.1) is 29.5 Å². The highest BCUT2D eigenvalue weighted by Gasteiger charge is 2.31. The van der Waals surface area contributed by atoms with Crippen LogP contribution in [0.1, 0.15) is 51.3 Å². The number of benzene rings is 2. The van der Waals surface area contributed by atoms with Gasteiger partial charge in [-0.2, -0.15) is 18.4 Å². The molecule has 1 amide bonds. The maximum Gasteiger partial charge on any atom is 0.416 e. The van der Waals surface area contributed by atoms with Gasteiger partial charge in [0.25, 0.3) is 11.5 Å². The maximum absolute atomic E-state index is 14.4. The van der Waals surface area contributed by atoms with Gasteiger partial charge in [-0.15, -0.1) is 6.42 Å². The second kappa shape index (κ2) is 10.4. The molecule has 1 aromatic heterocycles. The van der Waals surface area contributed by atoms with E-state index in [1.165, 1.54) is 33.7 Å². The number of terminal acetylenes is 1. The van der Waals surface area contributed by atoms with E-state index in [1.807, 2.05) is 0 Å². The van der Waals surface area contributed by atoms with Gasteiger partial charge in [0.15, 0.2) is 0 Å². The van der Waals surface area contributed by atoms with E-state index in [-0.39, 0.29) is 48.7 Å². The minimum absolute atomic E-state index is 0.0787. The number of alkyl halides is 3. The summed E-state index contributed by atoms with van der Waals surface area (Å²) in [4.78, 5) is 32.2. The average Bonchev–Trinajstić information content (AvgIpc) is 2.89. The van der Waals surface area contributed by atoms with Crippen molar-refractivity contribution >= 4 is 11.9 Å². The molecule has 0 fully saturated rings. The molecule has 2 heterocycles. The number of rotatable bonds is 5. The van der Waals surface area contributed by atoms with Crippen LogP contribution in [0.5, 0.6) is 0 Å². The highest BCUT2D eigenvalue weighted by Crippen LogP contribution is 2.30. The first kappa shape index (κ1) is 26.4. The van der Waals surface area contributed by atoms with Gasteiger partial charge in [-0.25, -0.2) is 9.37 Å². The van der Waals surface area contributed by atoms with Crippen molar-refractivity contribution in [1.82, 2.24) is 14.5 Å². The maximum atomic E-state index is 14.4. The average molecular weight is 523 g/mol. The number of anilines is 1. The number of hydrogen-bond donors (Lipinski definition) is 1. The quantitative estimate of drug-likeness (QED) is 0.398. The largest absolute Gasteiger partial charge is 0.416 e. The summed E-state index contributed by atoms with van der Waals surface area (Å²) in [5.41, 5.74) is -0.171. The normalized spacial score (nSPS) is 13.7. The molecule has 0 saturated carbocycles. The van der Waals surface area contributed by atoms with Crippen LogP contribution in [0.25, 0.3) is 0 Å². The van der Waals surface area contributed by atoms with Crippen LogP contribution in [0.4, 0.5) is 23.5 Å². The fourth-order valence-corrected chi connectivity index (χ4v) is 4.20. The molecule has 194 valence electrons. The number of carbonyl (C=O) groups excluding carboxylic acids is 1. The Labute approximate surface area is 215 Å². The van der Waals surface area contributed by atoms with Gasteiger partial charge in [-0.1, -0.05) is 18.1 Å². The van der Waals surface area contributed by atoms with E-state index in [1.54, 1.807) is 13.0 Å². The van der Waals surface area contributed by atoms with Gasteiger partial charge in [0, 0.05) is 13.0 Å². The summed E-state index contributed by atoms with van der Waals surface area (Å²) in [7, 11) is 0. The van der Waals surface area contributed by atoms with Gasteiger partial charge >= 0.3 is 6.18 Å². The second-order valence-corrected chi connectivity index (χ2v) is 8.73. The molecule has 7 nitrogen and oxygen atoms in total. The fourth-order valence-electron chi connectivity index (χ4n) is 4.20. The first-order valence-electron chi connectivity index (χ1n) is 11.5. The zero-order valence-electron chi connectivity index (χ0n) is 20.1. The minimum atomic E-state index is -4.45. The number of nitrogens with zero attached hydrogens (tertiary/aromatic N) is 4. The van der Waals surface area contributed by atoms with Gasteiger partial charge in [0.05, 0.1) is 53.1 Å². The fraction of sp³-hybridized carbons (Fsp3) is 0.259. The lowest BCUT2D eigenvalue weighted by atomic mass is 10.0. The van der Waals surface area contributed by atoms with E-state index in [9.17, 15) is 27.2 Å². The van der Waals surface area contributed by atoms with E-state index < -0.39 is 35.1 Å². The van der Waals surface area contributed by atoms with Gasteiger partial charge < -0.3 is 10.2 Å². The molecule has 2 aromatic carbocycles. The molecule has 3 aromatic rings. The lowest BCUT2D eigenvalue weighted by Crippen LogP contribution is -2.42. The number of nitriles is 1. The second-order valence-electron chi connectivity index (χ2n) is 8.73. The van der Waals surface area contributed by atoms with Crippen LogP contribution in [-0.4, -0.2) is 26.9 Å². The highest BCUT2D eigenvalue weighted by atomic mass is 19.4. The standard InChI is InChI=1S/C27H21F4N5O2/c1-3-11-36-25(38)21-15-35(24(37)20-9-4-17(14-32)13-22(20)28)12-10-23(21)34-26(36)33-16(2)18-5-7-19(8-6-18)27(29,30)31/h1,4-9,13,16H,10-12,15H2,2H3,(H,33,34). The number of aromatic nitrogens is 2. The van der Waals surface area contributed by atoms with Crippen molar-refractivity contribution in [1.29, 1.82) is 5.26 Å². The van der Waals surface area contributed by atoms with E-state index in [0.29, 0.717) is 11.3 Å². The van der Waals surface area contributed by atoms with Gasteiger partial charge in [-0.05, 0) is 42.8 Å². The first-order chi connectivity index (χ1) is 18.0. The van der Waals surface area contributed by atoms with Crippen molar-refractivity contribution in [2.45, 2.75) is 38.7 Å². The van der Waals surface area contributed by atoms with Crippen LogP contribution in [0.2, 0.25) is 0 Å². The van der Waals surface area contributed by atoms with Crippen molar-refractivity contribution in [2.24, 2.45) is 0 Å². The highest BCUT2D eigenvalue weighted by molar-refractivity contribution is 5.94. The molecular weight excluding hydrogens is 502 g/mol. The Kier molecular flexibility index (Phi) is 7.22. The lowest BCUT2D eigenvalue weighted by molar-refractivity contribution is -0.137. The summed E-state index contributed by atoms with van der Waals surface area (Å²) >= 11 is 0. The van der Waals surface area contributed by atoms with Crippen LogP contribution in [0.3, 0.4) is 0 Å². The minimum Gasteiger partial charge on any atom is -0.349 e. The molecule has 0 spiro atoms. The molecule has 0 bridgehead atoms. The molecule has 0 radical (unpaired) electrons. The van der Waals surface area contributed by atoms with Crippen LogP contribution < -0.4 is 10.9 Å². The number of nitrogens with one attached hydrogen (secondary N) is 1. The zero-order chi connectivity index (χ0) is 27.6. The van der Waals surface area contributed by atoms with E-state index >= 15 is 0 Å². The van der Waals surface area contributed by atoms with Crippen molar-refractivity contribution in [2.75, 3.05) is 11.9 Å². The Morgan fingerprint density at radius 1 is 1.24 bits per heavy atom. The van der Waals surface area contributed by atoms with E-state index in [0.717, 1.165) is 18.2 Å². The predicted octanol–water partition coefficient (Wildman–Crippen LogP) is 4.28. The molecule has 1 unspecified atom stereocenters. The van der Waals surface area contributed by atoms with Crippen LogP contribution >= 0.6 is 0 Å². The smallest absolute Gasteiger partial charge is 0.349 e. The molecular formula is C27H21F4N5O2. The Morgan fingerprint density at radius 2 is 1.95 bits per heavy atom. The first-order valence-corrected chi connectivity index (χ1v) is 11.5. The molecule has 1 aliphatic rings. The van der Waals surface area contributed by atoms with Crippen molar-refractivity contribution < 1.29 is 22.4 Å². The monoisotopic (exact) mass is 523 g/mol. The molecule has 1 atom stereocenters. The number of hydrogen-bond acceptors (Lipinski definition) is 5. The van der Waals surface area contributed by atoms with Gasteiger partial charge in [-0.3, -0.25) is 14.2 Å². The van der Waals surface area contributed by atoms with Crippen LogP contribution in [0.15, 0.2) is 47.3 Å². The van der Waals surface area contributed by atoms with Crippen LogP contribution in [-0.2, 0) is 25.7 Å². The SMILES string of the molecule is C#CCn1c(NC(C)c2ccc(C(F)(F)F)cc2)nc2c(c1=O)CN(C(=O)c1ccc(C#N)cc1F)CC2. The molecule has 1 aliphatic heterocycles. The molecule has 1 N–H and O–H groups in total. The van der Waals surface area contributed by atoms with Gasteiger partial charge in [0.1, 0.15) is 5.82 Å². The Balaban J connectivity index is 1.61. The topological polar surface area (TPSA) is 91.0 Å². The predicted molar refractivity (Wildman–Crippen MR) is 130 cm³/mol. The summed E-state index contributed by atoms with van der Waals surface area (Å²) in [5.74, 6) is 1.08. The van der Waals surface area contributed by atoms with E-state index in [4.69, 9.17) is 11.7 Å². The third-order valence-corrected chi connectivity index (χ3v) is 6.26. The van der Waals surface area contributed by atoms with Crippen molar-refractivity contribution in [3.63, 3.8) is 0 Å². The summed E-state index contributed by atoms with van der Waals surface area (Å²) < 4.78 is 54.3. The van der Waals surface area contributed by atoms with Gasteiger partial charge in [0.2, 0.25) is 5.95 Å².